The number of aryl methyl sites for hydroxylation is 2. The number of hydrogen-bond donors (Lipinski definition) is 0. The molecule has 78 valence electrons. The molecule has 1 unspecified atom stereocenters. The number of hydrogen-bond acceptors (Lipinski definition) is 0. The van der Waals surface area contributed by atoms with E-state index in [2.05, 4.69) is 31.9 Å². The predicted molar refractivity (Wildman–Crippen MR) is 61.3 cm³/mol. The van der Waals surface area contributed by atoms with Gasteiger partial charge in [-0.05, 0) is 36.6 Å². The van der Waals surface area contributed by atoms with Gasteiger partial charge < -0.3 is 0 Å². The van der Waals surface area contributed by atoms with Crippen LogP contribution in [0.4, 0.5) is 8.78 Å². The van der Waals surface area contributed by atoms with Crippen molar-refractivity contribution < 1.29 is 8.78 Å². The summed E-state index contributed by atoms with van der Waals surface area (Å²) < 4.78 is 25.9. The molecule has 0 aliphatic rings. The van der Waals surface area contributed by atoms with Crippen LogP contribution < -0.4 is 0 Å². The zero-order valence-corrected chi connectivity index (χ0v) is 11.0. The molecule has 0 saturated heterocycles. The van der Waals surface area contributed by atoms with Gasteiger partial charge in [0.05, 0.1) is 0 Å². The molecule has 0 aliphatic carbocycles. The van der Waals surface area contributed by atoms with E-state index in [0.717, 1.165) is 15.6 Å². The number of benzene rings is 1. The molecule has 0 spiro atoms. The Labute approximate surface area is 99.0 Å². The van der Waals surface area contributed by atoms with Crippen LogP contribution in [0.3, 0.4) is 0 Å². The molecule has 0 saturated carbocycles. The van der Waals surface area contributed by atoms with Crippen LogP contribution in [0, 0.1) is 13.8 Å². The highest BCUT2D eigenvalue weighted by molar-refractivity contribution is 9.10. The molecule has 0 heterocycles. The molecular formula is C10H10Br2F2. The molecule has 0 bridgehead atoms. The molecular weight excluding hydrogens is 318 g/mol. The van der Waals surface area contributed by atoms with Crippen molar-refractivity contribution >= 4 is 31.9 Å². The molecule has 0 aliphatic heterocycles. The predicted octanol–water partition coefficient (Wildman–Crippen LogP) is 4.77. The zero-order chi connectivity index (χ0) is 10.9. The number of rotatable bonds is 2. The molecule has 0 nitrogen and oxygen atoms in total. The fourth-order valence-electron chi connectivity index (χ4n) is 1.24. The summed E-state index contributed by atoms with van der Waals surface area (Å²) in [7, 11) is 0. The number of alkyl halides is 3. The molecule has 1 rings (SSSR count). The maximum atomic E-state index is 12.5. The molecule has 0 amide bonds. The van der Waals surface area contributed by atoms with E-state index in [0.29, 0.717) is 5.56 Å². The first kappa shape index (κ1) is 12.1. The van der Waals surface area contributed by atoms with Crippen LogP contribution in [-0.4, -0.2) is 6.43 Å². The Bertz CT molecular complexity index is 337. The lowest BCUT2D eigenvalue weighted by atomic mass is 10.0. The fraction of sp³-hybridized carbons (Fsp3) is 0.400. The summed E-state index contributed by atoms with van der Waals surface area (Å²) >= 11 is 6.36. The highest BCUT2D eigenvalue weighted by Gasteiger charge is 2.21. The SMILES string of the molecule is Cc1cc(C(Br)C(F)F)c(C)cc1Br. The lowest BCUT2D eigenvalue weighted by Crippen LogP contribution is -2.04. The van der Waals surface area contributed by atoms with Crippen molar-refractivity contribution in [3.63, 3.8) is 0 Å². The van der Waals surface area contributed by atoms with Crippen LogP contribution >= 0.6 is 31.9 Å². The van der Waals surface area contributed by atoms with Crippen LogP contribution in [0.25, 0.3) is 0 Å². The van der Waals surface area contributed by atoms with E-state index in [-0.39, 0.29) is 0 Å². The minimum Gasteiger partial charge on any atom is -0.209 e. The van der Waals surface area contributed by atoms with E-state index in [4.69, 9.17) is 0 Å². The van der Waals surface area contributed by atoms with Crippen molar-refractivity contribution in [3.8, 4) is 0 Å². The molecule has 14 heavy (non-hydrogen) atoms. The van der Waals surface area contributed by atoms with E-state index < -0.39 is 11.3 Å². The Morgan fingerprint density at radius 1 is 1.14 bits per heavy atom. The first-order valence-electron chi connectivity index (χ1n) is 4.12. The third-order valence-corrected chi connectivity index (χ3v) is 3.81. The summed E-state index contributed by atoms with van der Waals surface area (Å²) in [6.45, 7) is 3.72. The Kier molecular flexibility index (Phi) is 4.07. The average Bonchev–Trinajstić information content (AvgIpc) is 2.10. The van der Waals surface area contributed by atoms with Crippen LogP contribution in [0.5, 0.6) is 0 Å². The van der Waals surface area contributed by atoms with Gasteiger partial charge in [-0.1, -0.05) is 37.9 Å². The van der Waals surface area contributed by atoms with E-state index in [1.807, 2.05) is 19.9 Å². The van der Waals surface area contributed by atoms with Gasteiger partial charge in [0.15, 0.2) is 0 Å². The van der Waals surface area contributed by atoms with Crippen LogP contribution in [0.15, 0.2) is 16.6 Å². The van der Waals surface area contributed by atoms with Crippen LogP contribution in [0.2, 0.25) is 0 Å². The summed E-state index contributed by atoms with van der Waals surface area (Å²) in [5, 5.41) is 0. The quantitative estimate of drug-likeness (QED) is 0.686. The summed E-state index contributed by atoms with van der Waals surface area (Å²) in [4.78, 5) is -0.880. The standard InChI is InChI=1S/C10H10Br2F2/c1-5-4-8(11)6(2)3-7(5)9(12)10(13)14/h3-4,9-10H,1-2H3. The summed E-state index contributed by atoms with van der Waals surface area (Å²) in [5.74, 6) is 0. The molecule has 0 fully saturated rings. The van der Waals surface area contributed by atoms with E-state index in [1.165, 1.54) is 0 Å². The first-order chi connectivity index (χ1) is 6.43. The highest BCUT2D eigenvalue weighted by atomic mass is 79.9. The van der Waals surface area contributed by atoms with E-state index in [9.17, 15) is 8.78 Å². The molecule has 1 aromatic rings. The lowest BCUT2D eigenvalue weighted by Gasteiger charge is -2.13. The van der Waals surface area contributed by atoms with Crippen molar-refractivity contribution in [2.75, 3.05) is 0 Å². The third-order valence-electron chi connectivity index (χ3n) is 2.07. The van der Waals surface area contributed by atoms with E-state index in [1.54, 1.807) is 6.07 Å². The lowest BCUT2D eigenvalue weighted by molar-refractivity contribution is 0.147. The highest BCUT2D eigenvalue weighted by Crippen LogP contribution is 2.34. The minimum absolute atomic E-state index is 0.653. The third kappa shape index (κ3) is 2.54. The van der Waals surface area contributed by atoms with Crippen LogP contribution in [-0.2, 0) is 0 Å². The number of halogens is 4. The van der Waals surface area contributed by atoms with E-state index >= 15 is 0 Å². The smallest absolute Gasteiger partial charge is 0.209 e. The van der Waals surface area contributed by atoms with Crippen LogP contribution in [0.1, 0.15) is 21.5 Å². The normalized spacial score (nSPS) is 13.4. The zero-order valence-electron chi connectivity index (χ0n) is 7.82. The Balaban J connectivity index is 3.15. The second kappa shape index (κ2) is 4.71. The second-order valence-corrected chi connectivity index (χ2v) is 5.04. The van der Waals surface area contributed by atoms with Crippen molar-refractivity contribution in [2.45, 2.75) is 25.1 Å². The Hall–Kier alpha value is 0.0400. The maximum absolute atomic E-state index is 12.5. The molecule has 0 aromatic heterocycles. The van der Waals surface area contributed by atoms with Gasteiger partial charge in [0.1, 0.15) is 4.83 Å². The molecule has 4 heteroatoms. The fourth-order valence-corrected chi connectivity index (χ4v) is 2.19. The summed E-state index contributed by atoms with van der Waals surface area (Å²) in [6.07, 6.45) is -2.38. The van der Waals surface area contributed by atoms with Gasteiger partial charge >= 0.3 is 0 Å². The average molecular weight is 328 g/mol. The van der Waals surface area contributed by atoms with Gasteiger partial charge in [0.2, 0.25) is 0 Å². The summed E-state index contributed by atoms with van der Waals surface area (Å²) in [5.41, 5.74) is 2.49. The van der Waals surface area contributed by atoms with Gasteiger partial charge in [0.25, 0.3) is 6.43 Å². The molecule has 0 radical (unpaired) electrons. The maximum Gasteiger partial charge on any atom is 0.255 e. The Morgan fingerprint density at radius 2 is 1.71 bits per heavy atom. The van der Waals surface area contributed by atoms with Gasteiger partial charge in [-0.25, -0.2) is 8.78 Å². The van der Waals surface area contributed by atoms with Gasteiger partial charge in [-0.15, -0.1) is 0 Å². The first-order valence-corrected chi connectivity index (χ1v) is 5.83. The van der Waals surface area contributed by atoms with Gasteiger partial charge in [-0.2, -0.15) is 0 Å². The van der Waals surface area contributed by atoms with Crippen molar-refractivity contribution in [1.29, 1.82) is 0 Å². The van der Waals surface area contributed by atoms with Gasteiger partial charge in [-0.3, -0.25) is 0 Å². The monoisotopic (exact) mass is 326 g/mol. The van der Waals surface area contributed by atoms with Crippen molar-refractivity contribution in [3.05, 3.63) is 33.3 Å². The molecule has 1 aromatic carbocycles. The van der Waals surface area contributed by atoms with Crippen molar-refractivity contribution in [1.82, 2.24) is 0 Å². The minimum atomic E-state index is -2.38. The molecule has 0 N–H and O–H groups in total. The summed E-state index contributed by atoms with van der Waals surface area (Å²) in [6, 6.07) is 3.65. The topological polar surface area (TPSA) is 0 Å². The second-order valence-electron chi connectivity index (χ2n) is 3.19. The molecule has 1 atom stereocenters. The van der Waals surface area contributed by atoms with Gasteiger partial charge in [0, 0.05) is 4.47 Å². The Morgan fingerprint density at radius 3 is 2.21 bits per heavy atom. The van der Waals surface area contributed by atoms with Crippen molar-refractivity contribution in [2.24, 2.45) is 0 Å². The largest absolute Gasteiger partial charge is 0.255 e.